The van der Waals surface area contributed by atoms with Gasteiger partial charge in [-0.2, -0.15) is 0 Å². The molecule has 1 aromatic rings. The summed E-state index contributed by atoms with van der Waals surface area (Å²) in [7, 11) is 0. The second-order valence-corrected chi connectivity index (χ2v) is 5.06. The molecule has 5 heteroatoms. The van der Waals surface area contributed by atoms with Gasteiger partial charge in [-0.1, -0.05) is 6.08 Å². The number of hydrogen-bond donors (Lipinski definition) is 2. The molecule has 0 bridgehead atoms. The zero-order valence-electron chi connectivity index (χ0n) is 10.4. The zero-order valence-corrected chi connectivity index (χ0v) is 11.2. The fourth-order valence-corrected chi connectivity index (χ4v) is 2.36. The van der Waals surface area contributed by atoms with Crippen LogP contribution in [0.3, 0.4) is 0 Å². The van der Waals surface area contributed by atoms with E-state index in [1.54, 1.807) is 0 Å². The van der Waals surface area contributed by atoms with Crippen molar-refractivity contribution in [2.75, 3.05) is 19.8 Å². The summed E-state index contributed by atoms with van der Waals surface area (Å²) in [6.45, 7) is 6.57. The first-order valence-electron chi connectivity index (χ1n) is 5.91. The van der Waals surface area contributed by atoms with Crippen LogP contribution < -0.4 is 5.32 Å². The monoisotopic (exact) mass is 269 g/mol. The van der Waals surface area contributed by atoms with Gasteiger partial charge in [-0.3, -0.25) is 4.79 Å². The molecule has 2 N–H and O–H groups in total. The first-order chi connectivity index (χ1) is 8.72. The highest BCUT2D eigenvalue weighted by Crippen LogP contribution is 2.16. The Labute approximate surface area is 111 Å². The van der Waals surface area contributed by atoms with Gasteiger partial charge < -0.3 is 15.2 Å². The van der Waals surface area contributed by atoms with E-state index in [0.717, 1.165) is 29.3 Å². The molecule has 0 atom stereocenters. The van der Waals surface area contributed by atoms with Gasteiger partial charge in [0.25, 0.3) is 0 Å². The van der Waals surface area contributed by atoms with E-state index in [4.69, 9.17) is 9.84 Å². The van der Waals surface area contributed by atoms with Crippen LogP contribution in [0.15, 0.2) is 24.8 Å². The standard InChI is InChI=1S/C13H19NO3S/c1-2-3-7-17-8-6-14-10-12-5-4-11(18-12)9-13(15)16/h2,4-5,14H,1,3,6-10H2,(H,15,16). The second-order valence-electron chi connectivity index (χ2n) is 3.81. The van der Waals surface area contributed by atoms with Gasteiger partial charge in [-0.05, 0) is 18.6 Å². The first-order valence-corrected chi connectivity index (χ1v) is 6.72. The lowest BCUT2D eigenvalue weighted by atomic mass is 10.3. The van der Waals surface area contributed by atoms with Gasteiger partial charge in [0.15, 0.2) is 0 Å². The fourth-order valence-electron chi connectivity index (χ4n) is 1.39. The lowest BCUT2D eigenvalue weighted by Gasteiger charge is -2.03. The molecule has 0 radical (unpaired) electrons. The van der Waals surface area contributed by atoms with Crippen LogP contribution in [-0.4, -0.2) is 30.8 Å². The van der Waals surface area contributed by atoms with E-state index in [0.29, 0.717) is 13.2 Å². The van der Waals surface area contributed by atoms with Crippen molar-refractivity contribution in [1.82, 2.24) is 5.32 Å². The number of hydrogen-bond acceptors (Lipinski definition) is 4. The normalized spacial score (nSPS) is 10.4. The molecule has 0 aliphatic rings. The maximum absolute atomic E-state index is 10.5. The summed E-state index contributed by atoms with van der Waals surface area (Å²) in [6.07, 6.45) is 2.82. The average Bonchev–Trinajstić information content (AvgIpc) is 2.75. The second kappa shape index (κ2) is 8.85. The van der Waals surface area contributed by atoms with E-state index >= 15 is 0 Å². The molecule has 0 unspecified atom stereocenters. The third kappa shape index (κ3) is 6.54. The van der Waals surface area contributed by atoms with Crippen LogP contribution >= 0.6 is 11.3 Å². The molecule has 1 aromatic heterocycles. The number of ether oxygens (including phenoxy) is 1. The maximum atomic E-state index is 10.5. The molecule has 0 fully saturated rings. The predicted octanol–water partition coefficient (Wildman–Crippen LogP) is 2.06. The van der Waals surface area contributed by atoms with Crippen molar-refractivity contribution in [3.63, 3.8) is 0 Å². The zero-order chi connectivity index (χ0) is 13.2. The molecular weight excluding hydrogens is 250 g/mol. The Hall–Kier alpha value is -1.17. The number of aliphatic carboxylic acids is 1. The molecule has 1 heterocycles. The Morgan fingerprint density at radius 2 is 2.22 bits per heavy atom. The van der Waals surface area contributed by atoms with Crippen LogP contribution in [0, 0.1) is 0 Å². The van der Waals surface area contributed by atoms with Crippen molar-refractivity contribution < 1.29 is 14.6 Å². The molecule has 0 saturated carbocycles. The Morgan fingerprint density at radius 3 is 2.94 bits per heavy atom. The van der Waals surface area contributed by atoms with Crippen LogP contribution in [0.2, 0.25) is 0 Å². The van der Waals surface area contributed by atoms with Crippen molar-refractivity contribution in [2.45, 2.75) is 19.4 Å². The van der Waals surface area contributed by atoms with Crippen LogP contribution in [-0.2, 0) is 22.5 Å². The number of nitrogens with one attached hydrogen (secondary N) is 1. The van der Waals surface area contributed by atoms with E-state index in [2.05, 4.69) is 11.9 Å². The highest BCUT2D eigenvalue weighted by Gasteiger charge is 2.04. The number of carboxylic acids is 1. The van der Waals surface area contributed by atoms with E-state index in [-0.39, 0.29) is 6.42 Å². The fraction of sp³-hybridized carbons (Fsp3) is 0.462. The minimum absolute atomic E-state index is 0.106. The number of carbonyl (C=O) groups is 1. The van der Waals surface area contributed by atoms with Gasteiger partial charge in [0.05, 0.1) is 19.6 Å². The molecule has 0 spiro atoms. The highest BCUT2D eigenvalue weighted by atomic mass is 32.1. The van der Waals surface area contributed by atoms with E-state index in [9.17, 15) is 4.79 Å². The number of rotatable bonds is 10. The van der Waals surface area contributed by atoms with Crippen molar-refractivity contribution in [3.05, 3.63) is 34.5 Å². The van der Waals surface area contributed by atoms with Gasteiger partial charge in [-0.25, -0.2) is 0 Å². The van der Waals surface area contributed by atoms with Gasteiger partial charge in [-0.15, -0.1) is 17.9 Å². The first kappa shape index (κ1) is 14.9. The number of thiophene rings is 1. The van der Waals surface area contributed by atoms with Crippen molar-refractivity contribution in [3.8, 4) is 0 Å². The van der Waals surface area contributed by atoms with Crippen molar-refractivity contribution in [1.29, 1.82) is 0 Å². The lowest BCUT2D eigenvalue weighted by Crippen LogP contribution is -2.18. The maximum Gasteiger partial charge on any atom is 0.308 e. The lowest BCUT2D eigenvalue weighted by molar-refractivity contribution is -0.136. The Morgan fingerprint density at radius 1 is 1.44 bits per heavy atom. The number of carboxylic acid groups (broad SMARTS) is 1. The Balaban J connectivity index is 2.10. The van der Waals surface area contributed by atoms with Crippen LogP contribution in [0.1, 0.15) is 16.2 Å². The molecule has 0 amide bonds. The molecule has 0 aliphatic carbocycles. The molecule has 100 valence electrons. The molecule has 0 aromatic carbocycles. The summed E-state index contributed by atoms with van der Waals surface area (Å²) < 4.78 is 5.36. The SMILES string of the molecule is C=CCCOCCNCc1ccc(CC(=O)O)s1. The Bertz CT molecular complexity index is 376. The van der Waals surface area contributed by atoms with Crippen LogP contribution in [0.5, 0.6) is 0 Å². The van der Waals surface area contributed by atoms with Gasteiger partial charge >= 0.3 is 5.97 Å². The molecule has 4 nitrogen and oxygen atoms in total. The highest BCUT2D eigenvalue weighted by molar-refractivity contribution is 7.12. The molecule has 18 heavy (non-hydrogen) atoms. The van der Waals surface area contributed by atoms with E-state index in [1.165, 1.54) is 11.3 Å². The van der Waals surface area contributed by atoms with Gasteiger partial charge in [0, 0.05) is 22.8 Å². The van der Waals surface area contributed by atoms with Crippen LogP contribution in [0.25, 0.3) is 0 Å². The van der Waals surface area contributed by atoms with Gasteiger partial charge in [0.2, 0.25) is 0 Å². The third-order valence-corrected chi connectivity index (χ3v) is 3.32. The van der Waals surface area contributed by atoms with Crippen molar-refractivity contribution >= 4 is 17.3 Å². The van der Waals surface area contributed by atoms with E-state index in [1.807, 2.05) is 18.2 Å². The van der Waals surface area contributed by atoms with Gasteiger partial charge in [0.1, 0.15) is 0 Å². The minimum Gasteiger partial charge on any atom is -0.481 e. The Kier molecular flexibility index (Phi) is 7.32. The smallest absolute Gasteiger partial charge is 0.308 e. The molecule has 1 rings (SSSR count). The molecule has 0 aliphatic heterocycles. The summed E-state index contributed by atoms with van der Waals surface area (Å²) in [5, 5.41) is 11.9. The van der Waals surface area contributed by atoms with E-state index < -0.39 is 5.97 Å². The van der Waals surface area contributed by atoms with Crippen molar-refractivity contribution in [2.24, 2.45) is 0 Å². The summed E-state index contributed by atoms with van der Waals surface area (Å²) in [6, 6.07) is 3.84. The largest absolute Gasteiger partial charge is 0.481 e. The van der Waals surface area contributed by atoms with Crippen LogP contribution in [0.4, 0.5) is 0 Å². The third-order valence-electron chi connectivity index (χ3n) is 2.23. The summed E-state index contributed by atoms with van der Waals surface area (Å²) in [5.41, 5.74) is 0. The molecule has 0 saturated heterocycles. The summed E-state index contributed by atoms with van der Waals surface area (Å²) >= 11 is 1.54. The molecular formula is C13H19NO3S. The average molecular weight is 269 g/mol. The minimum atomic E-state index is -0.785. The summed E-state index contributed by atoms with van der Waals surface area (Å²) in [4.78, 5) is 12.6. The topological polar surface area (TPSA) is 58.6 Å². The predicted molar refractivity (Wildman–Crippen MR) is 73.0 cm³/mol. The summed E-state index contributed by atoms with van der Waals surface area (Å²) in [5.74, 6) is -0.785. The quantitative estimate of drug-likeness (QED) is 0.504.